The van der Waals surface area contributed by atoms with E-state index in [2.05, 4.69) is 34.1 Å². The van der Waals surface area contributed by atoms with Gasteiger partial charge in [-0.2, -0.15) is 0 Å². The van der Waals surface area contributed by atoms with Crippen LogP contribution < -0.4 is 9.64 Å². The van der Waals surface area contributed by atoms with Gasteiger partial charge in [-0.25, -0.2) is 0 Å². The second-order valence-corrected chi connectivity index (χ2v) is 7.85. The van der Waals surface area contributed by atoms with Gasteiger partial charge in [0.15, 0.2) is 11.6 Å². The number of ether oxygens (including phenoxy) is 1. The van der Waals surface area contributed by atoms with Crippen LogP contribution in [0.1, 0.15) is 29.6 Å². The molecule has 1 aliphatic carbocycles. The van der Waals surface area contributed by atoms with Gasteiger partial charge in [-0.15, -0.1) is 12.4 Å². The quantitative estimate of drug-likeness (QED) is 0.534. The minimum atomic E-state index is -0.519. The van der Waals surface area contributed by atoms with Gasteiger partial charge in [0, 0.05) is 37.4 Å². The van der Waals surface area contributed by atoms with Gasteiger partial charge in [-0.05, 0) is 49.2 Å². The number of benzene rings is 2. The highest BCUT2D eigenvalue weighted by atomic mass is 35.5. The molecule has 2 aliphatic rings. The molecular formula is C24H29ClN2O3. The van der Waals surface area contributed by atoms with Crippen LogP contribution in [0.4, 0.5) is 5.69 Å². The summed E-state index contributed by atoms with van der Waals surface area (Å²) in [7, 11) is 1.60. The van der Waals surface area contributed by atoms with E-state index in [1.807, 2.05) is 6.07 Å². The van der Waals surface area contributed by atoms with E-state index in [0.717, 1.165) is 39.0 Å². The number of nitrogens with zero attached hydrogens (tertiary/aromatic N) is 2. The number of anilines is 1. The van der Waals surface area contributed by atoms with Crippen molar-refractivity contribution < 1.29 is 14.3 Å². The molecule has 6 heteroatoms. The molecule has 2 aromatic rings. The number of Topliss-reactive ketones (excluding diaryl/α,β-unsaturated/α-hetero) is 2. The molecule has 2 fully saturated rings. The highest BCUT2D eigenvalue weighted by Crippen LogP contribution is 2.29. The summed E-state index contributed by atoms with van der Waals surface area (Å²) >= 11 is 0. The molecule has 30 heavy (non-hydrogen) atoms. The predicted octanol–water partition coefficient (Wildman–Crippen LogP) is 3.86. The van der Waals surface area contributed by atoms with Crippen molar-refractivity contribution in [2.24, 2.45) is 5.92 Å². The fraction of sp³-hybridized carbons (Fsp3) is 0.417. The Hall–Kier alpha value is -2.37. The number of hydrogen-bond acceptors (Lipinski definition) is 5. The van der Waals surface area contributed by atoms with Crippen molar-refractivity contribution in [1.82, 2.24) is 4.90 Å². The maximum absolute atomic E-state index is 13.2. The Balaban J connectivity index is 0.00000256. The Kier molecular flexibility index (Phi) is 7.51. The summed E-state index contributed by atoms with van der Waals surface area (Å²) in [5.41, 5.74) is 1.83. The number of para-hydroxylation sites is 1. The predicted molar refractivity (Wildman–Crippen MR) is 121 cm³/mol. The van der Waals surface area contributed by atoms with E-state index in [-0.39, 0.29) is 30.0 Å². The molecule has 1 heterocycles. The largest absolute Gasteiger partial charge is 0.497 e. The third-order valence-electron chi connectivity index (χ3n) is 6.21. The summed E-state index contributed by atoms with van der Waals surface area (Å²) in [5.74, 6) is 0.246. The van der Waals surface area contributed by atoms with E-state index >= 15 is 0 Å². The van der Waals surface area contributed by atoms with E-state index in [9.17, 15) is 9.59 Å². The molecule has 0 bridgehead atoms. The van der Waals surface area contributed by atoms with Gasteiger partial charge in [-0.1, -0.05) is 24.6 Å². The van der Waals surface area contributed by atoms with Crippen LogP contribution in [0, 0.1) is 5.92 Å². The first-order valence-corrected chi connectivity index (χ1v) is 10.4. The second-order valence-electron chi connectivity index (χ2n) is 7.85. The zero-order valence-corrected chi connectivity index (χ0v) is 18.1. The smallest absolute Gasteiger partial charge is 0.173 e. The Morgan fingerprint density at radius 1 is 0.933 bits per heavy atom. The number of carbonyl (C=O) groups excluding carboxylic acids is 2. The molecule has 0 radical (unpaired) electrons. The van der Waals surface area contributed by atoms with E-state index in [1.54, 1.807) is 31.4 Å². The number of methoxy groups -OCH3 is 1. The molecule has 0 aromatic heterocycles. The van der Waals surface area contributed by atoms with Crippen LogP contribution in [-0.2, 0) is 4.79 Å². The highest BCUT2D eigenvalue weighted by molar-refractivity contribution is 6.12. The molecule has 2 atom stereocenters. The van der Waals surface area contributed by atoms with Gasteiger partial charge < -0.3 is 9.64 Å². The van der Waals surface area contributed by atoms with Crippen molar-refractivity contribution in [1.29, 1.82) is 0 Å². The average Bonchev–Trinajstić information content (AvgIpc) is 2.79. The molecular weight excluding hydrogens is 400 g/mol. The topological polar surface area (TPSA) is 49.9 Å². The minimum absolute atomic E-state index is 0. The molecule has 4 rings (SSSR count). The lowest BCUT2D eigenvalue weighted by Crippen LogP contribution is -2.55. The van der Waals surface area contributed by atoms with Crippen molar-refractivity contribution in [2.45, 2.75) is 25.3 Å². The number of hydrogen-bond donors (Lipinski definition) is 0. The summed E-state index contributed by atoms with van der Waals surface area (Å²) in [5, 5.41) is 0. The van der Waals surface area contributed by atoms with Gasteiger partial charge in [0.2, 0.25) is 0 Å². The van der Waals surface area contributed by atoms with Crippen LogP contribution >= 0.6 is 12.4 Å². The standard InChI is InChI=1S/C24H28N2O3.ClH/c1-29-20-12-10-18(11-13-20)23(27)21-8-5-9-22(24(21)28)26-16-14-25(15-17-26)19-6-3-2-4-7-19;/h2-4,6-7,10-13,21-22H,5,8-9,14-17H2,1H3;1H. The van der Waals surface area contributed by atoms with Crippen LogP contribution in [0.5, 0.6) is 5.75 Å². The van der Waals surface area contributed by atoms with Gasteiger partial charge in [0.05, 0.1) is 19.1 Å². The number of halogens is 1. The molecule has 1 aliphatic heterocycles. The minimum Gasteiger partial charge on any atom is -0.497 e. The van der Waals surface area contributed by atoms with Gasteiger partial charge in [-0.3, -0.25) is 14.5 Å². The van der Waals surface area contributed by atoms with Crippen LogP contribution in [-0.4, -0.2) is 55.8 Å². The zero-order valence-electron chi connectivity index (χ0n) is 17.3. The Labute approximate surface area is 184 Å². The number of piperazine rings is 1. The molecule has 0 N–H and O–H groups in total. The molecule has 1 saturated carbocycles. The maximum atomic E-state index is 13.2. The van der Waals surface area contributed by atoms with E-state index in [0.29, 0.717) is 17.7 Å². The van der Waals surface area contributed by atoms with Crippen molar-refractivity contribution in [2.75, 3.05) is 38.2 Å². The van der Waals surface area contributed by atoms with Crippen molar-refractivity contribution >= 4 is 29.7 Å². The maximum Gasteiger partial charge on any atom is 0.173 e. The van der Waals surface area contributed by atoms with Crippen LogP contribution in [0.2, 0.25) is 0 Å². The van der Waals surface area contributed by atoms with Crippen LogP contribution in [0.15, 0.2) is 54.6 Å². The molecule has 160 valence electrons. The molecule has 2 aromatic carbocycles. The monoisotopic (exact) mass is 428 g/mol. The van der Waals surface area contributed by atoms with Gasteiger partial charge in [0.1, 0.15) is 5.75 Å². The Morgan fingerprint density at radius 3 is 2.23 bits per heavy atom. The summed E-state index contributed by atoms with van der Waals surface area (Å²) in [4.78, 5) is 30.9. The molecule has 1 saturated heterocycles. The lowest BCUT2D eigenvalue weighted by atomic mass is 9.79. The van der Waals surface area contributed by atoms with E-state index < -0.39 is 5.92 Å². The molecule has 0 amide bonds. The van der Waals surface area contributed by atoms with E-state index in [4.69, 9.17) is 4.74 Å². The lowest BCUT2D eigenvalue weighted by molar-refractivity contribution is -0.129. The lowest BCUT2D eigenvalue weighted by Gasteiger charge is -2.42. The Bertz CT molecular complexity index is 849. The molecule has 2 unspecified atom stereocenters. The SMILES string of the molecule is COc1ccc(C(=O)C2CCCC(N3CCN(c4ccccc4)CC3)C2=O)cc1.Cl. The van der Waals surface area contributed by atoms with Crippen LogP contribution in [0.25, 0.3) is 0 Å². The number of ketones is 2. The summed E-state index contributed by atoms with van der Waals surface area (Å²) in [6, 6.07) is 17.4. The first kappa shape index (κ1) is 22.3. The van der Waals surface area contributed by atoms with Crippen molar-refractivity contribution in [3.8, 4) is 5.75 Å². The van der Waals surface area contributed by atoms with Crippen molar-refractivity contribution in [3.63, 3.8) is 0 Å². The normalized spacial score (nSPS) is 22.3. The van der Waals surface area contributed by atoms with Gasteiger partial charge >= 0.3 is 0 Å². The number of carbonyl (C=O) groups is 2. The summed E-state index contributed by atoms with van der Waals surface area (Å²) < 4.78 is 5.16. The first-order valence-electron chi connectivity index (χ1n) is 10.4. The average molecular weight is 429 g/mol. The molecule has 0 spiro atoms. The summed E-state index contributed by atoms with van der Waals surface area (Å²) in [6.45, 7) is 3.53. The van der Waals surface area contributed by atoms with Crippen LogP contribution in [0.3, 0.4) is 0 Å². The number of rotatable bonds is 5. The second kappa shape index (κ2) is 10.1. The zero-order chi connectivity index (χ0) is 20.2. The van der Waals surface area contributed by atoms with Crippen molar-refractivity contribution in [3.05, 3.63) is 60.2 Å². The fourth-order valence-corrected chi connectivity index (χ4v) is 4.54. The first-order chi connectivity index (χ1) is 14.2. The highest BCUT2D eigenvalue weighted by Gasteiger charge is 2.39. The van der Waals surface area contributed by atoms with Gasteiger partial charge in [0.25, 0.3) is 0 Å². The third kappa shape index (κ3) is 4.68. The Morgan fingerprint density at radius 2 is 1.60 bits per heavy atom. The fourth-order valence-electron chi connectivity index (χ4n) is 4.54. The molecule has 5 nitrogen and oxygen atoms in total. The van der Waals surface area contributed by atoms with E-state index in [1.165, 1.54) is 5.69 Å². The summed E-state index contributed by atoms with van der Waals surface area (Å²) in [6.07, 6.45) is 2.43. The third-order valence-corrected chi connectivity index (χ3v) is 6.21.